The van der Waals surface area contributed by atoms with Gasteiger partial charge in [0.05, 0.1) is 5.52 Å². The second-order valence-electron chi connectivity index (χ2n) is 4.54. The number of anilines is 1. The van der Waals surface area contributed by atoms with Crippen molar-refractivity contribution in [2.24, 2.45) is 0 Å². The van der Waals surface area contributed by atoms with Crippen LogP contribution < -0.4 is 4.90 Å². The van der Waals surface area contributed by atoms with Crippen molar-refractivity contribution in [3.05, 3.63) is 35.5 Å². The van der Waals surface area contributed by atoms with Crippen LogP contribution in [0.25, 0.3) is 10.9 Å². The number of aromatic nitrogens is 1. The van der Waals surface area contributed by atoms with Crippen LogP contribution in [0.4, 0.5) is 5.69 Å². The van der Waals surface area contributed by atoms with Gasteiger partial charge in [-0.2, -0.15) is 0 Å². The summed E-state index contributed by atoms with van der Waals surface area (Å²) in [7, 11) is 0. The van der Waals surface area contributed by atoms with Crippen molar-refractivity contribution >= 4 is 28.2 Å². The molecule has 2 heterocycles. The maximum absolute atomic E-state index is 6.08. The van der Waals surface area contributed by atoms with Crippen LogP contribution in [0, 0.1) is 0 Å². The Morgan fingerprint density at radius 2 is 1.88 bits per heavy atom. The summed E-state index contributed by atoms with van der Waals surface area (Å²) in [5, 5.41) is 1.95. The molecule has 1 aromatic carbocycles. The molecule has 1 saturated heterocycles. The number of piperidine rings is 1. The van der Waals surface area contributed by atoms with Crippen LogP contribution in [0.15, 0.2) is 30.5 Å². The molecule has 1 aliphatic rings. The number of nitrogens with zero attached hydrogens (tertiary/aromatic N) is 2. The predicted molar refractivity (Wildman–Crippen MR) is 72.8 cm³/mol. The van der Waals surface area contributed by atoms with E-state index in [-0.39, 0.29) is 0 Å². The van der Waals surface area contributed by atoms with E-state index in [9.17, 15) is 0 Å². The summed E-state index contributed by atoms with van der Waals surface area (Å²) in [6, 6.07) is 8.01. The van der Waals surface area contributed by atoms with Crippen LogP contribution >= 0.6 is 11.6 Å². The molecule has 1 fully saturated rings. The molecule has 0 radical (unpaired) electrons. The molecular formula is C14H15ClN2. The Kier molecular flexibility index (Phi) is 2.89. The third-order valence-corrected chi connectivity index (χ3v) is 3.61. The largest absolute Gasteiger partial charge is 0.371 e. The number of pyridine rings is 1. The topological polar surface area (TPSA) is 16.1 Å². The molecule has 0 bridgehead atoms. The number of hydrogen-bond acceptors (Lipinski definition) is 2. The summed E-state index contributed by atoms with van der Waals surface area (Å²) in [5.74, 6) is 0. The monoisotopic (exact) mass is 246 g/mol. The second-order valence-corrected chi connectivity index (χ2v) is 4.98. The number of halogens is 1. The van der Waals surface area contributed by atoms with Crippen molar-refractivity contribution in [1.82, 2.24) is 4.98 Å². The number of hydrogen-bond donors (Lipinski definition) is 0. The summed E-state index contributed by atoms with van der Waals surface area (Å²) < 4.78 is 0. The first-order valence-electron chi connectivity index (χ1n) is 6.14. The van der Waals surface area contributed by atoms with Gasteiger partial charge in [-0.15, -0.1) is 0 Å². The summed E-state index contributed by atoms with van der Waals surface area (Å²) in [5.41, 5.74) is 2.30. The Bertz CT molecular complexity index is 533. The molecule has 0 N–H and O–H groups in total. The molecule has 3 rings (SSSR count). The zero-order valence-corrected chi connectivity index (χ0v) is 10.5. The van der Waals surface area contributed by atoms with Gasteiger partial charge in [-0.25, -0.2) is 0 Å². The zero-order valence-electron chi connectivity index (χ0n) is 9.69. The first kappa shape index (κ1) is 10.8. The number of fused-ring (bicyclic) bond motifs is 1. The van der Waals surface area contributed by atoms with Crippen LogP contribution in [0.5, 0.6) is 0 Å². The van der Waals surface area contributed by atoms with Gasteiger partial charge in [-0.1, -0.05) is 11.6 Å². The van der Waals surface area contributed by atoms with Gasteiger partial charge in [0.25, 0.3) is 0 Å². The van der Waals surface area contributed by atoms with E-state index in [4.69, 9.17) is 11.6 Å². The van der Waals surface area contributed by atoms with Gasteiger partial charge in [-0.3, -0.25) is 4.98 Å². The minimum Gasteiger partial charge on any atom is -0.371 e. The fourth-order valence-corrected chi connectivity index (χ4v) is 2.69. The van der Waals surface area contributed by atoms with E-state index in [1.165, 1.54) is 30.3 Å². The summed E-state index contributed by atoms with van der Waals surface area (Å²) in [6.45, 7) is 2.29. The van der Waals surface area contributed by atoms with E-state index in [0.29, 0.717) is 0 Å². The van der Waals surface area contributed by atoms with Crippen LogP contribution in [0.3, 0.4) is 0 Å². The Balaban J connectivity index is 2.11. The molecule has 2 nitrogen and oxygen atoms in total. The zero-order chi connectivity index (χ0) is 11.7. The van der Waals surface area contributed by atoms with E-state index >= 15 is 0 Å². The molecule has 0 amide bonds. The van der Waals surface area contributed by atoms with Crippen LogP contribution in [0.1, 0.15) is 19.3 Å². The van der Waals surface area contributed by atoms with Crippen LogP contribution in [0.2, 0.25) is 5.02 Å². The first-order valence-corrected chi connectivity index (χ1v) is 6.51. The maximum atomic E-state index is 6.08. The van der Waals surface area contributed by atoms with E-state index in [0.717, 1.165) is 23.6 Å². The lowest BCUT2D eigenvalue weighted by Crippen LogP contribution is -2.29. The SMILES string of the molecule is Clc1ccc2nccc(N3CCCCC3)c2c1. The number of rotatable bonds is 1. The van der Waals surface area contributed by atoms with E-state index in [1.807, 2.05) is 24.4 Å². The number of benzene rings is 1. The lowest BCUT2D eigenvalue weighted by Gasteiger charge is -2.29. The van der Waals surface area contributed by atoms with Gasteiger partial charge in [0, 0.05) is 35.4 Å². The lowest BCUT2D eigenvalue weighted by atomic mass is 10.1. The fraction of sp³-hybridized carbons (Fsp3) is 0.357. The third-order valence-electron chi connectivity index (χ3n) is 3.38. The summed E-state index contributed by atoms with van der Waals surface area (Å²) in [6.07, 6.45) is 5.80. The molecule has 3 heteroatoms. The minimum atomic E-state index is 0.781. The minimum absolute atomic E-state index is 0.781. The maximum Gasteiger partial charge on any atom is 0.0723 e. The Morgan fingerprint density at radius 3 is 2.71 bits per heavy atom. The van der Waals surface area contributed by atoms with Gasteiger partial charge in [0.15, 0.2) is 0 Å². The van der Waals surface area contributed by atoms with Crippen molar-refractivity contribution in [2.45, 2.75) is 19.3 Å². The molecule has 0 saturated carbocycles. The fourth-order valence-electron chi connectivity index (χ4n) is 2.51. The average Bonchev–Trinajstić information content (AvgIpc) is 2.39. The highest BCUT2D eigenvalue weighted by Gasteiger charge is 2.13. The summed E-state index contributed by atoms with van der Waals surface area (Å²) in [4.78, 5) is 6.84. The Morgan fingerprint density at radius 1 is 1.06 bits per heavy atom. The van der Waals surface area contributed by atoms with Crippen LogP contribution in [-0.4, -0.2) is 18.1 Å². The smallest absolute Gasteiger partial charge is 0.0723 e. The molecular weight excluding hydrogens is 232 g/mol. The standard InChI is InChI=1S/C14H15ClN2/c15-11-4-5-13-12(10-11)14(6-7-16-13)17-8-2-1-3-9-17/h4-7,10H,1-3,8-9H2. The molecule has 88 valence electrons. The molecule has 1 aromatic heterocycles. The van der Waals surface area contributed by atoms with Crippen molar-refractivity contribution < 1.29 is 0 Å². The third kappa shape index (κ3) is 2.09. The molecule has 0 aliphatic carbocycles. The van der Waals surface area contributed by atoms with Crippen molar-refractivity contribution in [3.8, 4) is 0 Å². The first-order chi connectivity index (χ1) is 8.34. The van der Waals surface area contributed by atoms with Gasteiger partial charge in [0.2, 0.25) is 0 Å². The lowest BCUT2D eigenvalue weighted by molar-refractivity contribution is 0.579. The van der Waals surface area contributed by atoms with Crippen LogP contribution in [-0.2, 0) is 0 Å². The van der Waals surface area contributed by atoms with Crippen molar-refractivity contribution in [2.75, 3.05) is 18.0 Å². The summed E-state index contributed by atoms with van der Waals surface area (Å²) >= 11 is 6.08. The second kappa shape index (κ2) is 4.53. The molecule has 0 unspecified atom stereocenters. The quantitative estimate of drug-likeness (QED) is 0.759. The molecule has 2 aromatic rings. The Hall–Kier alpha value is -1.28. The molecule has 0 atom stereocenters. The van der Waals surface area contributed by atoms with E-state index in [2.05, 4.69) is 16.0 Å². The highest BCUT2D eigenvalue weighted by Crippen LogP contribution is 2.29. The van der Waals surface area contributed by atoms with Gasteiger partial charge in [-0.05, 0) is 43.5 Å². The van der Waals surface area contributed by atoms with E-state index < -0.39 is 0 Å². The predicted octanol–water partition coefficient (Wildman–Crippen LogP) is 3.88. The van der Waals surface area contributed by atoms with Crippen molar-refractivity contribution in [3.63, 3.8) is 0 Å². The molecule has 0 spiro atoms. The van der Waals surface area contributed by atoms with Gasteiger partial charge < -0.3 is 4.90 Å². The average molecular weight is 247 g/mol. The molecule has 1 aliphatic heterocycles. The molecule has 17 heavy (non-hydrogen) atoms. The highest BCUT2D eigenvalue weighted by atomic mass is 35.5. The normalized spacial score (nSPS) is 16.4. The van der Waals surface area contributed by atoms with Gasteiger partial charge >= 0.3 is 0 Å². The Labute approximate surface area is 106 Å². The highest BCUT2D eigenvalue weighted by molar-refractivity contribution is 6.31. The van der Waals surface area contributed by atoms with E-state index in [1.54, 1.807) is 0 Å². The van der Waals surface area contributed by atoms with Gasteiger partial charge in [0.1, 0.15) is 0 Å². The van der Waals surface area contributed by atoms with Crippen molar-refractivity contribution in [1.29, 1.82) is 0 Å².